The molecule has 1 saturated heterocycles. The number of hydrogen-bond donors (Lipinski definition) is 1. The summed E-state index contributed by atoms with van der Waals surface area (Å²) in [6.07, 6.45) is 3.04. The quantitative estimate of drug-likeness (QED) is 0.782. The standard InChI is InChI=1S/C17H27N3O/c1-4-15-17(21)20(13-9-8-12-19(2)3)16(18-15)14-10-6-5-7-11-14/h5-7,10-11,15-16,18H,4,8-9,12-13H2,1-3H3. The molecular formula is C17H27N3O. The van der Waals surface area contributed by atoms with Crippen molar-refractivity contribution in [3.05, 3.63) is 35.9 Å². The molecule has 1 aliphatic rings. The zero-order valence-corrected chi connectivity index (χ0v) is 13.4. The van der Waals surface area contributed by atoms with E-state index in [-0.39, 0.29) is 18.1 Å². The third kappa shape index (κ3) is 4.05. The van der Waals surface area contributed by atoms with Crippen LogP contribution < -0.4 is 5.32 Å². The highest BCUT2D eigenvalue weighted by atomic mass is 16.2. The van der Waals surface area contributed by atoms with Crippen LogP contribution in [0.25, 0.3) is 0 Å². The highest BCUT2D eigenvalue weighted by Crippen LogP contribution is 2.26. The van der Waals surface area contributed by atoms with Crippen molar-refractivity contribution in [3.8, 4) is 0 Å². The van der Waals surface area contributed by atoms with Gasteiger partial charge in [0.05, 0.1) is 6.04 Å². The summed E-state index contributed by atoms with van der Waals surface area (Å²) < 4.78 is 0. The summed E-state index contributed by atoms with van der Waals surface area (Å²) >= 11 is 0. The van der Waals surface area contributed by atoms with Crippen molar-refractivity contribution in [2.45, 2.75) is 38.4 Å². The van der Waals surface area contributed by atoms with E-state index in [0.29, 0.717) is 0 Å². The minimum atomic E-state index is -0.0379. The highest BCUT2D eigenvalue weighted by Gasteiger charge is 2.37. The van der Waals surface area contributed by atoms with Crippen LogP contribution in [0.1, 0.15) is 37.9 Å². The number of hydrogen-bond acceptors (Lipinski definition) is 3. The van der Waals surface area contributed by atoms with E-state index in [4.69, 9.17) is 0 Å². The molecular weight excluding hydrogens is 262 g/mol. The molecule has 21 heavy (non-hydrogen) atoms. The fourth-order valence-electron chi connectivity index (χ4n) is 2.83. The third-order valence-corrected chi connectivity index (χ3v) is 4.03. The molecule has 4 heteroatoms. The third-order valence-electron chi connectivity index (χ3n) is 4.03. The molecule has 0 saturated carbocycles. The smallest absolute Gasteiger partial charge is 0.241 e. The summed E-state index contributed by atoms with van der Waals surface area (Å²) in [6.45, 7) is 3.96. The molecule has 0 aromatic heterocycles. The molecule has 0 bridgehead atoms. The molecule has 0 aliphatic carbocycles. The molecule has 4 nitrogen and oxygen atoms in total. The molecule has 2 atom stereocenters. The Kier molecular flexibility index (Phi) is 5.76. The van der Waals surface area contributed by atoms with Gasteiger partial charge in [0.25, 0.3) is 0 Å². The van der Waals surface area contributed by atoms with Crippen LogP contribution in [0.5, 0.6) is 0 Å². The maximum atomic E-state index is 12.5. The monoisotopic (exact) mass is 289 g/mol. The van der Waals surface area contributed by atoms with Gasteiger partial charge in [-0.3, -0.25) is 10.1 Å². The molecule has 1 aromatic rings. The van der Waals surface area contributed by atoms with Gasteiger partial charge in [0.1, 0.15) is 6.17 Å². The van der Waals surface area contributed by atoms with Crippen molar-refractivity contribution in [2.75, 3.05) is 27.2 Å². The van der Waals surface area contributed by atoms with Gasteiger partial charge in [0.2, 0.25) is 5.91 Å². The summed E-state index contributed by atoms with van der Waals surface area (Å²) in [5.74, 6) is 0.246. The maximum Gasteiger partial charge on any atom is 0.241 e. The van der Waals surface area contributed by atoms with Gasteiger partial charge in [0.15, 0.2) is 0 Å². The Balaban J connectivity index is 2.01. The van der Waals surface area contributed by atoms with Crippen LogP contribution in [0, 0.1) is 0 Å². The summed E-state index contributed by atoms with van der Waals surface area (Å²) in [7, 11) is 4.17. The van der Waals surface area contributed by atoms with E-state index in [1.807, 2.05) is 23.1 Å². The lowest BCUT2D eigenvalue weighted by Crippen LogP contribution is -2.32. The minimum Gasteiger partial charge on any atom is -0.322 e. The number of carbonyl (C=O) groups is 1. The highest BCUT2D eigenvalue weighted by molar-refractivity contribution is 5.84. The van der Waals surface area contributed by atoms with E-state index in [2.05, 4.69) is 43.4 Å². The largest absolute Gasteiger partial charge is 0.322 e. The topological polar surface area (TPSA) is 35.6 Å². The van der Waals surface area contributed by atoms with Gasteiger partial charge in [-0.25, -0.2) is 0 Å². The van der Waals surface area contributed by atoms with Crippen molar-refractivity contribution in [1.29, 1.82) is 0 Å². The molecule has 0 spiro atoms. The average molecular weight is 289 g/mol. The van der Waals surface area contributed by atoms with Gasteiger partial charge in [0, 0.05) is 6.54 Å². The first kappa shape index (κ1) is 16.0. The van der Waals surface area contributed by atoms with Crippen molar-refractivity contribution in [2.24, 2.45) is 0 Å². The number of carbonyl (C=O) groups excluding carboxylic acids is 1. The zero-order chi connectivity index (χ0) is 15.2. The van der Waals surface area contributed by atoms with Crippen LogP contribution in [-0.2, 0) is 4.79 Å². The average Bonchev–Trinajstić information content (AvgIpc) is 2.81. The maximum absolute atomic E-state index is 12.5. The van der Waals surface area contributed by atoms with Crippen LogP contribution >= 0.6 is 0 Å². The first-order valence-corrected chi connectivity index (χ1v) is 7.89. The first-order chi connectivity index (χ1) is 10.1. The second-order valence-corrected chi connectivity index (χ2v) is 5.98. The summed E-state index contributed by atoms with van der Waals surface area (Å²) in [6, 6.07) is 10.2. The first-order valence-electron chi connectivity index (χ1n) is 7.89. The zero-order valence-electron chi connectivity index (χ0n) is 13.4. The Morgan fingerprint density at radius 2 is 1.90 bits per heavy atom. The van der Waals surface area contributed by atoms with E-state index in [1.54, 1.807) is 0 Å². The van der Waals surface area contributed by atoms with E-state index in [0.717, 1.165) is 32.4 Å². The van der Waals surface area contributed by atoms with Crippen LogP contribution in [0.4, 0.5) is 0 Å². The van der Waals surface area contributed by atoms with Crippen LogP contribution in [0.15, 0.2) is 30.3 Å². The molecule has 1 aliphatic heterocycles. The Bertz CT molecular complexity index is 447. The van der Waals surface area contributed by atoms with Gasteiger partial charge >= 0.3 is 0 Å². The second-order valence-electron chi connectivity index (χ2n) is 5.98. The molecule has 0 radical (unpaired) electrons. The molecule has 2 unspecified atom stereocenters. The van der Waals surface area contributed by atoms with Crippen molar-refractivity contribution >= 4 is 5.91 Å². The van der Waals surface area contributed by atoms with Crippen molar-refractivity contribution < 1.29 is 4.79 Å². The van der Waals surface area contributed by atoms with Gasteiger partial charge in [-0.05, 0) is 45.5 Å². The Morgan fingerprint density at radius 1 is 1.19 bits per heavy atom. The summed E-state index contributed by atoms with van der Waals surface area (Å²) in [5, 5.41) is 3.47. The molecule has 1 amide bonds. The molecule has 116 valence electrons. The fraction of sp³-hybridized carbons (Fsp3) is 0.588. The van der Waals surface area contributed by atoms with Gasteiger partial charge < -0.3 is 9.80 Å². The fourth-order valence-corrected chi connectivity index (χ4v) is 2.83. The molecule has 1 heterocycles. The summed E-state index contributed by atoms with van der Waals surface area (Å²) in [4.78, 5) is 16.7. The predicted molar refractivity (Wildman–Crippen MR) is 85.9 cm³/mol. The van der Waals surface area contributed by atoms with Gasteiger partial charge in [-0.1, -0.05) is 37.3 Å². The lowest BCUT2D eigenvalue weighted by atomic mass is 10.1. The minimum absolute atomic E-state index is 0.0306. The number of rotatable bonds is 7. The van der Waals surface area contributed by atoms with E-state index < -0.39 is 0 Å². The number of amides is 1. The Hall–Kier alpha value is -1.39. The van der Waals surface area contributed by atoms with Crippen molar-refractivity contribution in [3.63, 3.8) is 0 Å². The number of nitrogens with zero attached hydrogens (tertiary/aromatic N) is 2. The Morgan fingerprint density at radius 3 is 2.52 bits per heavy atom. The van der Waals surface area contributed by atoms with Crippen molar-refractivity contribution in [1.82, 2.24) is 15.1 Å². The number of nitrogens with one attached hydrogen (secondary N) is 1. The number of benzene rings is 1. The predicted octanol–water partition coefficient (Wildman–Crippen LogP) is 2.24. The molecule has 1 fully saturated rings. The van der Waals surface area contributed by atoms with Crippen LogP contribution in [0.3, 0.4) is 0 Å². The SMILES string of the molecule is CCC1NC(c2ccccc2)N(CCCCN(C)C)C1=O. The number of unbranched alkanes of at least 4 members (excludes halogenated alkanes) is 1. The second kappa shape index (κ2) is 7.57. The van der Waals surface area contributed by atoms with Crippen LogP contribution in [-0.4, -0.2) is 48.9 Å². The summed E-state index contributed by atoms with van der Waals surface area (Å²) in [5.41, 5.74) is 1.18. The lowest BCUT2D eigenvalue weighted by molar-refractivity contribution is -0.130. The molecule has 1 N–H and O–H groups in total. The Labute approximate surface area is 128 Å². The van der Waals surface area contributed by atoms with Gasteiger partial charge in [-0.15, -0.1) is 0 Å². The normalized spacial score (nSPS) is 22.3. The van der Waals surface area contributed by atoms with E-state index in [9.17, 15) is 4.79 Å². The lowest BCUT2D eigenvalue weighted by Gasteiger charge is -2.24. The molecule has 1 aromatic carbocycles. The van der Waals surface area contributed by atoms with E-state index in [1.165, 1.54) is 5.56 Å². The van der Waals surface area contributed by atoms with E-state index >= 15 is 0 Å². The van der Waals surface area contributed by atoms with Gasteiger partial charge in [-0.2, -0.15) is 0 Å². The van der Waals surface area contributed by atoms with Crippen LogP contribution in [0.2, 0.25) is 0 Å². The molecule has 2 rings (SSSR count).